The molecule has 2 aromatic rings. The molecule has 0 radical (unpaired) electrons. The number of hydrogen-bond donors (Lipinski definition) is 1. The van der Waals surface area contributed by atoms with Crippen LogP contribution in [-0.2, 0) is 5.41 Å². The summed E-state index contributed by atoms with van der Waals surface area (Å²) in [6, 6.07) is 8.05. The Morgan fingerprint density at radius 3 is 2.45 bits per heavy atom. The van der Waals surface area contributed by atoms with Gasteiger partial charge in [0.25, 0.3) is 0 Å². The number of aryl methyl sites for hydroxylation is 1. The van der Waals surface area contributed by atoms with E-state index in [1.807, 2.05) is 19.1 Å². The average Bonchev–Trinajstić information content (AvgIpc) is 2.88. The van der Waals surface area contributed by atoms with Gasteiger partial charge in [-0.15, -0.1) is 10.2 Å². The van der Waals surface area contributed by atoms with Gasteiger partial charge in [0.2, 0.25) is 0 Å². The SMILES string of the molecule is Cc1nnc(SCC(O)COc2ccc(C(C)(C)C)cc2)s1. The number of aromatic nitrogens is 2. The van der Waals surface area contributed by atoms with Crippen LogP contribution in [0.25, 0.3) is 0 Å². The molecule has 0 spiro atoms. The van der Waals surface area contributed by atoms with Gasteiger partial charge in [-0.1, -0.05) is 56.0 Å². The number of ether oxygens (including phenoxy) is 1. The molecule has 0 aliphatic carbocycles. The van der Waals surface area contributed by atoms with E-state index in [4.69, 9.17) is 4.74 Å². The van der Waals surface area contributed by atoms with Crippen molar-refractivity contribution in [2.45, 2.75) is 43.6 Å². The fourth-order valence-electron chi connectivity index (χ4n) is 1.80. The molecule has 1 N–H and O–H groups in total. The molecule has 1 unspecified atom stereocenters. The number of aliphatic hydroxyl groups excluding tert-OH is 1. The van der Waals surface area contributed by atoms with E-state index in [0.717, 1.165) is 15.1 Å². The summed E-state index contributed by atoms with van der Waals surface area (Å²) >= 11 is 3.04. The lowest BCUT2D eigenvalue weighted by atomic mass is 9.87. The van der Waals surface area contributed by atoms with Crippen molar-refractivity contribution < 1.29 is 9.84 Å². The van der Waals surface area contributed by atoms with Crippen molar-refractivity contribution >= 4 is 23.1 Å². The molecule has 1 aromatic heterocycles. The van der Waals surface area contributed by atoms with Gasteiger partial charge in [-0.25, -0.2) is 0 Å². The number of hydrogen-bond acceptors (Lipinski definition) is 6. The van der Waals surface area contributed by atoms with Gasteiger partial charge in [-0.3, -0.25) is 0 Å². The summed E-state index contributed by atoms with van der Waals surface area (Å²) in [7, 11) is 0. The van der Waals surface area contributed by atoms with E-state index in [1.54, 1.807) is 0 Å². The van der Waals surface area contributed by atoms with Gasteiger partial charge in [0, 0.05) is 5.75 Å². The van der Waals surface area contributed by atoms with Crippen LogP contribution in [0, 0.1) is 6.92 Å². The van der Waals surface area contributed by atoms with Crippen LogP contribution >= 0.6 is 23.1 Å². The van der Waals surface area contributed by atoms with E-state index in [9.17, 15) is 5.11 Å². The zero-order chi connectivity index (χ0) is 16.2. The fourth-order valence-corrected chi connectivity index (χ4v) is 3.54. The van der Waals surface area contributed by atoms with Gasteiger partial charge in [-0.2, -0.15) is 0 Å². The molecule has 2 rings (SSSR count). The van der Waals surface area contributed by atoms with Crippen molar-refractivity contribution in [3.63, 3.8) is 0 Å². The summed E-state index contributed by atoms with van der Waals surface area (Å²) in [4.78, 5) is 0. The third kappa shape index (κ3) is 5.26. The largest absolute Gasteiger partial charge is 0.491 e. The maximum absolute atomic E-state index is 9.97. The third-order valence-corrected chi connectivity index (χ3v) is 5.19. The number of thioether (sulfide) groups is 1. The predicted molar refractivity (Wildman–Crippen MR) is 92.0 cm³/mol. The van der Waals surface area contributed by atoms with E-state index in [0.29, 0.717) is 5.75 Å². The van der Waals surface area contributed by atoms with Crippen molar-refractivity contribution in [3.05, 3.63) is 34.8 Å². The lowest BCUT2D eigenvalue weighted by molar-refractivity contribution is 0.126. The Hall–Kier alpha value is -1.11. The lowest BCUT2D eigenvalue weighted by Crippen LogP contribution is -2.20. The minimum Gasteiger partial charge on any atom is -0.491 e. The molecule has 0 saturated heterocycles. The number of rotatable bonds is 6. The minimum absolute atomic E-state index is 0.133. The van der Waals surface area contributed by atoms with E-state index in [-0.39, 0.29) is 12.0 Å². The molecule has 4 nitrogen and oxygen atoms in total. The topological polar surface area (TPSA) is 55.2 Å². The Labute approximate surface area is 139 Å². The molecule has 22 heavy (non-hydrogen) atoms. The molecule has 1 aromatic carbocycles. The van der Waals surface area contributed by atoms with Gasteiger partial charge in [-0.05, 0) is 30.0 Å². The second kappa shape index (κ2) is 7.44. The fraction of sp³-hybridized carbons (Fsp3) is 0.500. The smallest absolute Gasteiger partial charge is 0.174 e. The third-order valence-electron chi connectivity index (χ3n) is 3.07. The molecule has 0 saturated carbocycles. The molecule has 0 aliphatic rings. The van der Waals surface area contributed by atoms with Crippen LogP contribution in [-0.4, -0.2) is 33.8 Å². The van der Waals surface area contributed by atoms with Gasteiger partial charge in [0.15, 0.2) is 4.34 Å². The first-order chi connectivity index (χ1) is 10.3. The van der Waals surface area contributed by atoms with Crippen molar-refractivity contribution in [1.29, 1.82) is 0 Å². The summed E-state index contributed by atoms with van der Waals surface area (Å²) in [5, 5.41) is 18.9. The number of aliphatic hydroxyl groups is 1. The maximum Gasteiger partial charge on any atom is 0.174 e. The van der Waals surface area contributed by atoms with E-state index >= 15 is 0 Å². The van der Waals surface area contributed by atoms with E-state index in [1.165, 1.54) is 28.7 Å². The molecule has 6 heteroatoms. The Kier molecular flexibility index (Phi) is 5.83. The van der Waals surface area contributed by atoms with Crippen LogP contribution in [0.15, 0.2) is 28.6 Å². The van der Waals surface area contributed by atoms with Crippen molar-refractivity contribution in [2.75, 3.05) is 12.4 Å². The average molecular weight is 338 g/mol. The van der Waals surface area contributed by atoms with Crippen LogP contribution in [0.4, 0.5) is 0 Å². The van der Waals surface area contributed by atoms with Crippen LogP contribution in [0.1, 0.15) is 31.3 Å². The molecule has 120 valence electrons. The molecule has 0 aliphatic heterocycles. The molecule has 1 heterocycles. The summed E-state index contributed by atoms with van der Waals surface area (Å²) in [6.07, 6.45) is -0.531. The molecular formula is C16H22N2O2S2. The van der Waals surface area contributed by atoms with Crippen molar-refractivity contribution in [2.24, 2.45) is 0 Å². The van der Waals surface area contributed by atoms with Crippen LogP contribution in [0.3, 0.4) is 0 Å². The monoisotopic (exact) mass is 338 g/mol. The Morgan fingerprint density at radius 1 is 1.23 bits per heavy atom. The van der Waals surface area contributed by atoms with E-state index in [2.05, 4.69) is 43.1 Å². The number of benzene rings is 1. The van der Waals surface area contributed by atoms with Crippen LogP contribution < -0.4 is 4.74 Å². The summed E-state index contributed by atoms with van der Waals surface area (Å²) in [6.45, 7) is 8.74. The van der Waals surface area contributed by atoms with Gasteiger partial charge >= 0.3 is 0 Å². The maximum atomic E-state index is 9.97. The second-order valence-corrected chi connectivity index (χ2v) is 8.59. The Morgan fingerprint density at radius 2 is 1.91 bits per heavy atom. The van der Waals surface area contributed by atoms with Gasteiger partial charge in [0.1, 0.15) is 17.4 Å². The molecule has 0 amide bonds. The van der Waals surface area contributed by atoms with Gasteiger partial charge in [0.05, 0.1) is 6.10 Å². The van der Waals surface area contributed by atoms with Crippen LogP contribution in [0.5, 0.6) is 5.75 Å². The quantitative estimate of drug-likeness (QED) is 0.814. The summed E-state index contributed by atoms with van der Waals surface area (Å²) < 4.78 is 6.51. The Balaban J connectivity index is 1.77. The van der Waals surface area contributed by atoms with Crippen LogP contribution in [0.2, 0.25) is 0 Å². The van der Waals surface area contributed by atoms with E-state index < -0.39 is 6.10 Å². The first-order valence-corrected chi connectivity index (χ1v) is 8.99. The summed E-state index contributed by atoms with van der Waals surface area (Å²) in [5.41, 5.74) is 1.40. The normalized spacial score (nSPS) is 13.1. The highest BCUT2D eigenvalue weighted by Gasteiger charge is 2.13. The standard InChI is InChI=1S/C16H22N2O2S2/c1-11-17-18-15(22-11)21-10-13(19)9-20-14-7-5-12(6-8-14)16(2,3)4/h5-8,13,19H,9-10H2,1-4H3. The Bertz CT molecular complexity index is 591. The second-order valence-electron chi connectivity index (χ2n) is 6.14. The molecule has 0 bridgehead atoms. The first kappa shape index (κ1) is 17.2. The minimum atomic E-state index is -0.531. The molecular weight excluding hydrogens is 316 g/mol. The highest BCUT2D eigenvalue weighted by Crippen LogP contribution is 2.25. The summed E-state index contributed by atoms with van der Waals surface area (Å²) in [5.74, 6) is 1.33. The molecule has 0 fully saturated rings. The van der Waals surface area contributed by atoms with Crippen molar-refractivity contribution in [3.8, 4) is 5.75 Å². The highest BCUT2D eigenvalue weighted by molar-refractivity contribution is 8.01. The predicted octanol–water partition coefficient (Wildman–Crippen LogP) is 3.68. The zero-order valence-corrected chi connectivity index (χ0v) is 15.0. The highest BCUT2D eigenvalue weighted by atomic mass is 32.2. The van der Waals surface area contributed by atoms with Crippen molar-refractivity contribution in [1.82, 2.24) is 10.2 Å². The lowest BCUT2D eigenvalue weighted by Gasteiger charge is -2.19. The van der Waals surface area contributed by atoms with Gasteiger partial charge < -0.3 is 9.84 Å². The molecule has 1 atom stereocenters. The number of nitrogens with zero attached hydrogens (tertiary/aromatic N) is 2. The zero-order valence-electron chi connectivity index (χ0n) is 13.4. The first-order valence-electron chi connectivity index (χ1n) is 7.19.